The number of anilines is 2. The number of hydrogen-bond donors (Lipinski definition) is 1. The van der Waals surface area contributed by atoms with Crippen LogP contribution in [-0.4, -0.2) is 70.6 Å². The SMILES string of the molecule is CCOCCCNc1nn(CN2CCN(c3ncccn3)CC2)c(=S)s1. The summed E-state index contributed by atoms with van der Waals surface area (Å²) in [6.45, 7) is 8.80. The van der Waals surface area contributed by atoms with Crippen LogP contribution in [0.15, 0.2) is 18.5 Å². The lowest BCUT2D eigenvalue weighted by Crippen LogP contribution is -2.47. The van der Waals surface area contributed by atoms with Gasteiger partial charge in [-0.15, -0.1) is 5.10 Å². The Labute approximate surface area is 162 Å². The van der Waals surface area contributed by atoms with Crippen LogP contribution in [0.4, 0.5) is 11.1 Å². The van der Waals surface area contributed by atoms with Crippen molar-refractivity contribution < 1.29 is 4.74 Å². The van der Waals surface area contributed by atoms with Crippen molar-refractivity contribution in [1.29, 1.82) is 0 Å². The monoisotopic (exact) mass is 395 g/mol. The maximum Gasteiger partial charge on any atom is 0.225 e. The Morgan fingerprint density at radius 3 is 2.73 bits per heavy atom. The summed E-state index contributed by atoms with van der Waals surface area (Å²) < 4.78 is 8.04. The number of nitrogens with zero attached hydrogens (tertiary/aromatic N) is 6. The van der Waals surface area contributed by atoms with Crippen molar-refractivity contribution in [3.8, 4) is 0 Å². The molecule has 0 bridgehead atoms. The van der Waals surface area contributed by atoms with E-state index in [2.05, 4.69) is 30.2 Å². The third-order valence-electron chi connectivity index (χ3n) is 4.09. The standard InChI is InChI=1S/C16H25N7OS2/c1-2-24-12-4-7-19-15-20-23(16(25)26-15)13-21-8-10-22(11-9-21)14-17-5-3-6-18-14/h3,5-6H,2,4,7-13H2,1H3,(H,19,20). The first-order valence-corrected chi connectivity index (χ1v) is 10.1. The first kappa shape index (κ1) is 19.2. The van der Waals surface area contributed by atoms with E-state index in [-0.39, 0.29) is 0 Å². The Morgan fingerprint density at radius 2 is 2.00 bits per heavy atom. The summed E-state index contributed by atoms with van der Waals surface area (Å²) in [5.41, 5.74) is 0. The van der Waals surface area contributed by atoms with Gasteiger partial charge in [0, 0.05) is 58.3 Å². The van der Waals surface area contributed by atoms with E-state index in [0.29, 0.717) is 0 Å². The van der Waals surface area contributed by atoms with Crippen molar-refractivity contribution in [2.75, 3.05) is 56.2 Å². The second kappa shape index (κ2) is 9.91. The van der Waals surface area contributed by atoms with Crippen LogP contribution in [-0.2, 0) is 11.4 Å². The molecule has 0 atom stereocenters. The van der Waals surface area contributed by atoms with E-state index in [0.717, 1.165) is 74.1 Å². The maximum atomic E-state index is 5.46. The number of ether oxygens (including phenoxy) is 1. The third-order valence-corrected chi connectivity index (χ3v) is 5.36. The molecule has 142 valence electrons. The number of rotatable bonds is 9. The molecule has 1 N–H and O–H groups in total. The first-order valence-electron chi connectivity index (χ1n) is 8.90. The minimum absolute atomic E-state index is 0.722. The molecule has 2 aromatic heterocycles. The molecule has 0 aliphatic carbocycles. The molecule has 1 fully saturated rings. The Morgan fingerprint density at radius 1 is 1.23 bits per heavy atom. The molecule has 26 heavy (non-hydrogen) atoms. The predicted molar refractivity (Wildman–Crippen MR) is 106 cm³/mol. The molecule has 10 heteroatoms. The molecular formula is C16H25N7OS2. The van der Waals surface area contributed by atoms with Gasteiger partial charge < -0.3 is 15.0 Å². The van der Waals surface area contributed by atoms with Crippen molar-refractivity contribution in [3.63, 3.8) is 0 Å². The van der Waals surface area contributed by atoms with Gasteiger partial charge in [0.1, 0.15) is 0 Å². The Balaban J connectivity index is 1.45. The molecule has 8 nitrogen and oxygen atoms in total. The first-order chi connectivity index (χ1) is 12.8. The predicted octanol–water partition coefficient (Wildman–Crippen LogP) is 2.08. The smallest absolute Gasteiger partial charge is 0.225 e. The van der Waals surface area contributed by atoms with Gasteiger partial charge >= 0.3 is 0 Å². The van der Waals surface area contributed by atoms with Crippen LogP contribution in [0.5, 0.6) is 0 Å². The summed E-state index contributed by atoms with van der Waals surface area (Å²) in [6, 6.07) is 1.84. The molecule has 1 saturated heterocycles. The van der Waals surface area contributed by atoms with E-state index in [9.17, 15) is 0 Å². The lowest BCUT2D eigenvalue weighted by molar-refractivity contribution is 0.147. The Bertz CT molecular complexity index is 713. The van der Waals surface area contributed by atoms with Crippen LogP contribution in [0.2, 0.25) is 0 Å². The zero-order valence-electron chi connectivity index (χ0n) is 15.0. The number of piperazine rings is 1. The average molecular weight is 396 g/mol. The van der Waals surface area contributed by atoms with E-state index >= 15 is 0 Å². The summed E-state index contributed by atoms with van der Waals surface area (Å²) in [5.74, 6) is 0.802. The van der Waals surface area contributed by atoms with E-state index in [4.69, 9.17) is 17.0 Å². The van der Waals surface area contributed by atoms with E-state index in [1.165, 1.54) is 11.3 Å². The van der Waals surface area contributed by atoms with Gasteiger partial charge in [0.05, 0.1) is 6.67 Å². The summed E-state index contributed by atoms with van der Waals surface area (Å²) in [4.78, 5) is 13.2. The molecule has 0 saturated carbocycles. The van der Waals surface area contributed by atoms with Gasteiger partial charge in [-0.25, -0.2) is 14.6 Å². The van der Waals surface area contributed by atoms with Gasteiger partial charge in [-0.1, -0.05) is 11.3 Å². The lowest BCUT2D eigenvalue weighted by atomic mass is 10.3. The zero-order valence-corrected chi connectivity index (χ0v) is 16.6. The van der Waals surface area contributed by atoms with Crippen molar-refractivity contribution in [1.82, 2.24) is 24.6 Å². The van der Waals surface area contributed by atoms with E-state index < -0.39 is 0 Å². The van der Waals surface area contributed by atoms with Crippen LogP contribution >= 0.6 is 23.6 Å². The van der Waals surface area contributed by atoms with Gasteiger partial charge in [-0.3, -0.25) is 4.90 Å². The van der Waals surface area contributed by atoms with Gasteiger partial charge in [0.15, 0.2) is 3.95 Å². The van der Waals surface area contributed by atoms with Crippen LogP contribution in [0.3, 0.4) is 0 Å². The highest BCUT2D eigenvalue weighted by Gasteiger charge is 2.19. The fourth-order valence-electron chi connectivity index (χ4n) is 2.71. The molecule has 0 aromatic carbocycles. The highest BCUT2D eigenvalue weighted by atomic mass is 32.1. The highest BCUT2D eigenvalue weighted by Crippen LogP contribution is 2.16. The molecule has 0 unspecified atom stereocenters. The summed E-state index contributed by atoms with van der Waals surface area (Å²) in [7, 11) is 0. The molecule has 2 aromatic rings. The molecule has 0 amide bonds. The van der Waals surface area contributed by atoms with E-state index in [1.807, 2.05) is 17.7 Å². The van der Waals surface area contributed by atoms with Gasteiger partial charge in [0.25, 0.3) is 0 Å². The molecule has 3 heterocycles. The van der Waals surface area contributed by atoms with Crippen molar-refractivity contribution >= 4 is 34.6 Å². The summed E-state index contributed by atoms with van der Waals surface area (Å²) in [5, 5.41) is 8.80. The normalized spacial score (nSPS) is 15.3. The van der Waals surface area contributed by atoms with Crippen LogP contribution in [0.1, 0.15) is 13.3 Å². The Hall–Kier alpha value is -1.62. The molecule has 3 rings (SSSR count). The quantitative estimate of drug-likeness (QED) is 0.511. The third kappa shape index (κ3) is 5.44. The van der Waals surface area contributed by atoms with Crippen molar-refractivity contribution in [2.24, 2.45) is 0 Å². The topological polar surface area (TPSA) is 71.3 Å². The number of aromatic nitrogens is 4. The minimum atomic E-state index is 0.722. The van der Waals surface area contributed by atoms with Crippen molar-refractivity contribution in [3.05, 3.63) is 22.4 Å². The fourth-order valence-corrected chi connectivity index (χ4v) is 3.73. The molecular weight excluding hydrogens is 370 g/mol. The highest BCUT2D eigenvalue weighted by molar-refractivity contribution is 7.73. The van der Waals surface area contributed by atoms with Crippen LogP contribution in [0.25, 0.3) is 0 Å². The van der Waals surface area contributed by atoms with Crippen LogP contribution < -0.4 is 10.2 Å². The zero-order chi connectivity index (χ0) is 18.2. The van der Waals surface area contributed by atoms with Gasteiger partial charge in [-0.05, 0) is 31.6 Å². The maximum absolute atomic E-state index is 5.46. The molecule has 0 radical (unpaired) electrons. The second-order valence-electron chi connectivity index (χ2n) is 5.95. The molecule has 0 spiro atoms. The lowest BCUT2D eigenvalue weighted by Gasteiger charge is -2.34. The van der Waals surface area contributed by atoms with Crippen molar-refractivity contribution in [2.45, 2.75) is 20.0 Å². The minimum Gasteiger partial charge on any atom is -0.382 e. The Kier molecular flexibility index (Phi) is 7.30. The summed E-state index contributed by atoms with van der Waals surface area (Å²) >= 11 is 6.98. The second-order valence-corrected chi connectivity index (χ2v) is 7.57. The van der Waals surface area contributed by atoms with Gasteiger partial charge in [0.2, 0.25) is 11.1 Å². The largest absolute Gasteiger partial charge is 0.382 e. The van der Waals surface area contributed by atoms with E-state index in [1.54, 1.807) is 12.4 Å². The number of nitrogens with one attached hydrogen (secondary N) is 1. The van der Waals surface area contributed by atoms with Gasteiger partial charge in [-0.2, -0.15) is 0 Å². The number of hydrogen-bond acceptors (Lipinski definition) is 9. The fraction of sp³-hybridized carbons (Fsp3) is 0.625. The van der Waals surface area contributed by atoms with Crippen LogP contribution in [0, 0.1) is 3.95 Å². The molecule has 1 aliphatic rings. The molecule has 1 aliphatic heterocycles. The average Bonchev–Trinajstić information content (AvgIpc) is 3.02. The summed E-state index contributed by atoms with van der Waals surface area (Å²) in [6.07, 6.45) is 4.53.